The van der Waals surface area contributed by atoms with Crippen LogP contribution in [0.15, 0.2) is 48.0 Å². The van der Waals surface area contributed by atoms with Gasteiger partial charge in [-0.1, -0.05) is 30.3 Å². The summed E-state index contributed by atoms with van der Waals surface area (Å²) in [4.78, 5) is 4.22. The number of aromatic nitrogens is 3. The quantitative estimate of drug-likeness (QED) is 0.315. The fourth-order valence-electron chi connectivity index (χ4n) is 1.97. The predicted molar refractivity (Wildman–Crippen MR) is 99.3 cm³/mol. The number of nitrogens with one attached hydrogen (secondary N) is 2. The smallest absolute Gasteiger partial charge is 0.191 e. The predicted octanol–water partition coefficient (Wildman–Crippen LogP) is 2.04. The number of aliphatic imine (C=N–C) groups is 1. The monoisotopic (exact) mass is 414 g/mol. The Labute approximate surface area is 148 Å². The van der Waals surface area contributed by atoms with E-state index in [4.69, 9.17) is 0 Å². The lowest BCUT2D eigenvalue weighted by Gasteiger charge is -2.11. The Balaban J connectivity index is 0.00000242. The van der Waals surface area contributed by atoms with Gasteiger partial charge in [0.15, 0.2) is 5.96 Å². The largest absolute Gasteiger partial charge is 0.356 e. The van der Waals surface area contributed by atoms with Gasteiger partial charge in [0, 0.05) is 26.7 Å². The number of hydrogen-bond donors (Lipinski definition) is 2. The summed E-state index contributed by atoms with van der Waals surface area (Å²) in [5.41, 5.74) is 1.24. The van der Waals surface area contributed by atoms with Crippen LogP contribution in [0.3, 0.4) is 0 Å². The molecule has 0 aliphatic carbocycles. The Hall–Kier alpha value is -1.64. The molecule has 0 aliphatic rings. The maximum Gasteiger partial charge on any atom is 0.191 e. The van der Waals surface area contributed by atoms with E-state index in [1.165, 1.54) is 5.56 Å². The van der Waals surface area contributed by atoms with Crippen molar-refractivity contribution in [3.8, 4) is 0 Å². The van der Waals surface area contributed by atoms with Gasteiger partial charge in [-0.2, -0.15) is 0 Å². The minimum absolute atomic E-state index is 0. The van der Waals surface area contributed by atoms with Crippen LogP contribution in [0.5, 0.6) is 0 Å². The number of benzene rings is 1. The van der Waals surface area contributed by atoms with Crippen molar-refractivity contribution in [1.82, 2.24) is 25.4 Å². The second-order valence-corrected chi connectivity index (χ2v) is 4.74. The number of aryl methyl sites for hydroxylation is 1. The highest BCUT2D eigenvalue weighted by Gasteiger charge is 1.98. The summed E-state index contributed by atoms with van der Waals surface area (Å²) in [6.07, 6.45) is 5.65. The standard InChI is InChI=1S/C15H22N6.HI/c1-16-15(18-11-14-7-3-2-4-8-14)17-9-5-6-10-21-12-19-20-13-21;/h2-4,7-8,12-13H,5-6,9-11H2,1H3,(H2,16,17,18);1H. The molecule has 0 spiro atoms. The lowest BCUT2D eigenvalue weighted by Crippen LogP contribution is -2.37. The van der Waals surface area contributed by atoms with E-state index in [1.807, 2.05) is 22.8 Å². The van der Waals surface area contributed by atoms with Gasteiger partial charge in [-0.15, -0.1) is 34.2 Å². The van der Waals surface area contributed by atoms with Gasteiger partial charge in [0.05, 0.1) is 0 Å². The fraction of sp³-hybridized carbons (Fsp3) is 0.400. The highest BCUT2D eigenvalue weighted by atomic mass is 127. The third-order valence-electron chi connectivity index (χ3n) is 3.13. The van der Waals surface area contributed by atoms with Crippen LogP contribution in [-0.4, -0.2) is 34.3 Å². The summed E-state index contributed by atoms with van der Waals surface area (Å²) in [5, 5.41) is 14.2. The second kappa shape index (κ2) is 11.0. The Kier molecular flexibility index (Phi) is 9.20. The molecule has 120 valence electrons. The summed E-state index contributed by atoms with van der Waals surface area (Å²) >= 11 is 0. The maximum atomic E-state index is 4.22. The Morgan fingerprint density at radius 3 is 2.50 bits per heavy atom. The van der Waals surface area contributed by atoms with Crippen molar-refractivity contribution in [3.05, 3.63) is 48.5 Å². The van der Waals surface area contributed by atoms with Crippen LogP contribution in [0.1, 0.15) is 18.4 Å². The van der Waals surface area contributed by atoms with E-state index in [-0.39, 0.29) is 24.0 Å². The molecular formula is C15H23IN6. The van der Waals surface area contributed by atoms with Crippen molar-refractivity contribution in [2.75, 3.05) is 13.6 Å². The summed E-state index contributed by atoms with van der Waals surface area (Å²) in [6, 6.07) is 10.3. The first kappa shape index (κ1) is 18.4. The molecule has 0 bridgehead atoms. The molecule has 1 aromatic carbocycles. The molecule has 0 saturated carbocycles. The van der Waals surface area contributed by atoms with Gasteiger partial charge < -0.3 is 15.2 Å². The third kappa shape index (κ3) is 6.88. The molecule has 2 aromatic rings. The lowest BCUT2D eigenvalue weighted by molar-refractivity contribution is 0.597. The number of guanidine groups is 1. The maximum absolute atomic E-state index is 4.22. The van der Waals surface area contributed by atoms with Crippen molar-refractivity contribution < 1.29 is 0 Å². The molecule has 1 heterocycles. The van der Waals surface area contributed by atoms with Gasteiger partial charge in [0.1, 0.15) is 12.7 Å². The minimum atomic E-state index is 0. The van der Waals surface area contributed by atoms with E-state index < -0.39 is 0 Å². The van der Waals surface area contributed by atoms with Crippen LogP contribution < -0.4 is 10.6 Å². The molecule has 0 aliphatic heterocycles. The fourth-order valence-corrected chi connectivity index (χ4v) is 1.97. The molecule has 0 radical (unpaired) electrons. The van der Waals surface area contributed by atoms with Crippen LogP contribution >= 0.6 is 24.0 Å². The van der Waals surface area contributed by atoms with E-state index in [0.717, 1.165) is 38.4 Å². The van der Waals surface area contributed by atoms with E-state index in [9.17, 15) is 0 Å². The number of halogens is 1. The van der Waals surface area contributed by atoms with Crippen molar-refractivity contribution >= 4 is 29.9 Å². The molecular weight excluding hydrogens is 391 g/mol. The molecule has 6 nitrogen and oxygen atoms in total. The third-order valence-corrected chi connectivity index (χ3v) is 3.13. The molecule has 0 fully saturated rings. The minimum Gasteiger partial charge on any atom is -0.356 e. The van der Waals surface area contributed by atoms with Crippen LogP contribution in [0.4, 0.5) is 0 Å². The molecule has 22 heavy (non-hydrogen) atoms. The Morgan fingerprint density at radius 1 is 1.09 bits per heavy atom. The molecule has 0 amide bonds. The van der Waals surface area contributed by atoms with Crippen molar-refractivity contribution in [2.24, 2.45) is 4.99 Å². The summed E-state index contributed by atoms with van der Waals surface area (Å²) in [6.45, 7) is 2.63. The highest BCUT2D eigenvalue weighted by Crippen LogP contribution is 1.97. The zero-order valence-electron chi connectivity index (χ0n) is 12.8. The van der Waals surface area contributed by atoms with Crippen molar-refractivity contribution in [2.45, 2.75) is 25.9 Å². The van der Waals surface area contributed by atoms with Crippen LogP contribution in [-0.2, 0) is 13.1 Å². The van der Waals surface area contributed by atoms with Crippen molar-refractivity contribution in [1.29, 1.82) is 0 Å². The van der Waals surface area contributed by atoms with Gasteiger partial charge >= 0.3 is 0 Å². The van der Waals surface area contributed by atoms with Gasteiger partial charge in [-0.05, 0) is 18.4 Å². The molecule has 1 aromatic heterocycles. The van der Waals surface area contributed by atoms with Gasteiger partial charge in [-0.3, -0.25) is 4.99 Å². The van der Waals surface area contributed by atoms with E-state index in [2.05, 4.69) is 38.0 Å². The zero-order valence-corrected chi connectivity index (χ0v) is 15.1. The van der Waals surface area contributed by atoms with Crippen molar-refractivity contribution in [3.63, 3.8) is 0 Å². The lowest BCUT2D eigenvalue weighted by atomic mass is 10.2. The first-order valence-corrected chi connectivity index (χ1v) is 7.19. The van der Waals surface area contributed by atoms with E-state index in [1.54, 1.807) is 19.7 Å². The topological polar surface area (TPSA) is 67.1 Å². The first-order valence-electron chi connectivity index (χ1n) is 7.19. The number of rotatable bonds is 7. The molecule has 7 heteroatoms. The van der Waals surface area contributed by atoms with Crippen LogP contribution in [0, 0.1) is 0 Å². The first-order chi connectivity index (χ1) is 10.4. The number of nitrogens with zero attached hydrogens (tertiary/aromatic N) is 4. The summed E-state index contributed by atoms with van der Waals surface area (Å²) in [7, 11) is 1.79. The summed E-state index contributed by atoms with van der Waals surface area (Å²) < 4.78 is 1.99. The van der Waals surface area contributed by atoms with E-state index in [0.29, 0.717) is 0 Å². The van der Waals surface area contributed by atoms with Gasteiger partial charge in [-0.25, -0.2) is 0 Å². The summed E-state index contributed by atoms with van der Waals surface area (Å²) in [5.74, 6) is 0.836. The van der Waals surface area contributed by atoms with Gasteiger partial charge in [0.2, 0.25) is 0 Å². The molecule has 0 saturated heterocycles. The van der Waals surface area contributed by atoms with Crippen LogP contribution in [0.25, 0.3) is 0 Å². The van der Waals surface area contributed by atoms with Gasteiger partial charge in [0.25, 0.3) is 0 Å². The Bertz CT molecular complexity index is 526. The average molecular weight is 414 g/mol. The molecule has 2 rings (SSSR count). The number of hydrogen-bond acceptors (Lipinski definition) is 3. The molecule has 2 N–H and O–H groups in total. The zero-order chi connectivity index (χ0) is 14.8. The molecule has 0 atom stereocenters. The number of unbranched alkanes of at least 4 members (excludes halogenated alkanes) is 1. The van der Waals surface area contributed by atoms with Crippen LogP contribution in [0.2, 0.25) is 0 Å². The SMILES string of the molecule is CN=C(NCCCCn1cnnc1)NCc1ccccc1.I. The normalized spacial score (nSPS) is 10.9. The molecule has 0 unspecified atom stereocenters. The second-order valence-electron chi connectivity index (χ2n) is 4.74. The van der Waals surface area contributed by atoms with E-state index >= 15 is 0 Å². The average Bonchev–Trinajstić information content (AvgIpc) is 3.04. The Morgan fingerprint density at radius 2 is 1.82 bits per heavy atom. The highest BCUT2D eigenvalue weighted by molar-refractivity contribution is 14.0.